The first-order chi connectivity index (χ1) is 9.25. The van der Waals surface area contributed by atoms with Gasteiger partial charge in [-0.25, -0.2) is 0 Å². The average molecular weight is 294 g/mol. The molecule has 1 aromatic heterocycles. The van der Waals surface area contributed by atoms with Gasteiger partial charge in [0.1, 0.15) is 4.88 Å². The van der Waals surface area contributed by atoms with Crippen LogP contribution in [-0.4, -0.2) is 12.5 Å². The van der Waals surface area contributed by atoms with Crippen molar-refractivity contribution in [3.63, 3.8) is 0 Å². The Morgan fingerprint density at radius 3 is 2.79 bits per heavy atom. The second-order valence-corrected chi connectivity index (χ2v) is 6.53. The lowest BCUT2D eigenvalue weighted by molar-refractivity contribution is 0.0951. The van der Waals surface area contributed by atoms with Gasteiger partial charge in [-0.3, -0.25) is 4.79 Å². The summed E-state index contributed by atoms with van der Waals surface area (Å²) in [5.41, 5.74) is 0. The smallest absolute Gasteiger partial charge is 0.262 e. The van der Waals surface area contributed by atoms with Gasteiger partial charge in [0.2, 0.25) is 0 Å². The second kappa shape index (κ2) is 5.51. The number of halogens is 1. The normalized spacial score (nSPS) is 16.1. The van der Waals surface area contributed by atoms with E-state index in [9.17, 15) is 4.79 Å². The van der Waals surface area contributed by atoms with Crippen LogP contribution in [0.3, 0.4) is 0 Å². The van der Waals surface area contributed by atoms with E-state index in [0.717, 1.165) is 16.6 Å². The number of thiophene rings is 1. The quantitative estimate of drug-likeness (QED) is 0.888. The molecule has 3 rings (SSSR count). The second-order valence-electron chi connectivity index (χ2n) is 5.10. The number of benzene rings is 1. The zero-order valence-electron chi connectivity index (χ0n) is 10.6. The monoisotopic (exact) mass is 293 g/mol. The molecule has 1 N–H and O–H groups in total. The molecule has 0 atom stereocenters. The van der Waals surface area contributed by atoms with Crippen LogP contribution in [0.25, 0.3) is 10.1 Å². The first-order valence-electron chi connectivity index (χ1n) is 6.71. The number of carbonyl (C=O) groups is 1. The number of rotatable bonds is 3. The molecule has 4 heteroatoms. The molecular weight excluding hydrogens is 278 g/mol. The van der Waals surface area contributed by atoms with Crippen molar-refractivity contribution in [3.8, 4) is 0 Å². The van der Waals surface area contributed by atoms with Crippen molar-refractivity contribution in [2.24, 2.45) is 5.92 Å². The van der Waals surface area contributed by atoms with Crippen LogP contribution in [-0.2, 0) is 0 Å². The van der Waals surface area contributed by atoms with Crippen LogP contribution in [0.5, 0.6) is 0 Å². The Morgan fingerprint density at radius 1 is 1.32 bits per heavy atom. The molecule has 2 nitrogen and oxygen atoms in total. The maximum Gasteiger partial charge on any atom is 0.262 e. The molecule has 0 aliphatic heterocycles. The van der Waals surface area contributed by atoms with Gasteiger partial charge < -0.3 is 5.32 Å². The van der Waals surface area contributed by atoms with Gasteiger partial charge >= 0.3 is 0 Å². The van der Waals surface area contributed by atoms with E-state index < -0.39 is 0 Å². The van der Waals surface area contributed by atoms with Crippen molar-refractivity contribution >= 4 is 38.9 Å². The first-order valence-corrected chi connectivity index (χ1v) is 7.90. The summed E-state index contributed by atoms with van der Waals surface area (Å²) in [7, 11) is 0. The third-order valence-corrected chi connectivity index (χ3v) is 5.44. The largest absolute Gasteiger partial charge is 0.351 e. The zero-order valence-corrected chi connectivity index (χ0v) is 12.2. The molecule has 1 aliphatic carbocycles. The molecule has 19 heavy (non-hydrogen) atoms. The molecule has 0 bridgehead atoms. The van der Waals surface area contributed by atoms with Gasteiger partial charge in [-0.05, 0) is 24.8 Å². The van der Waals surface area contributed by atoms with E-state index in [1.807, 2.05) is 24.3 Å². The fourth-order valence-corrected chi connectivity index (χ4v) is 4.13. The van der Waals surface area contributed by atoms with Gasteiger partial charge in [-0.1, -0.05) is 42.6 Å². The van der Waals surface area contributed by atoms with Gasteiger partial charge in [-0.15, -0.1) is 11.3 Å². The highest BCUT2D eigenvalue weighted by molar-refractivity contribution is 7.21. The number of amides is 1. The predicted molar refractivity (Wildman–Crippen MR) is 81.1 cm³/mol. The molecule has 1 aliphatic rings. The number of hydrogen-bond acceptors (Lipinski definition) is 2. The third kappa shape index (κ3) is 2.63. The van der Waals surface area contributed by atoms with E-state index >= 15 is 0 Å². The molecule has 0 spiro atoms. The lowest BCUT2D eigenvalue weighted by Crippen LogP contribution is -2.27. The van der Waals surface area contributed by atoms with Crippen molar-refractivity contribution in [1.82, 2.24) is 5.32 Å². The fourth-order valence-electron chi connectivity index (χ4n) is 2.69. The number of carbonyl (C=O) groups excluding carboxylic acids is 1. The fraction of sp³-hybridized carbons (Fsp3) is 0.400. The third-order valence-electron chi connectivity index (χ3n) is 3.77. The molecule has 1 amide bonds. The number of fused-ring (bicyclic) bond motifs is 1. The summed E-state index contributed by atoms with van der Waals surface area (Å²) in [6.07, 6.45) is 5.06. The highest BCUT2D eigenvalue weighted by atomic mass is 35.5. The van der Waals surface area contributed by atoms with Crippen molar-refractivity contribution in [2.45, 2.75) is 25.7 Å². The van der Waals surface area contributed by atoms with Gasteiger partial charge in [0, 0.05) is 16.6 Å². The van der Waals surface area contributed by atoms with E-state index in [-0.39, 0.29) is 5.91 Å². The van der Waals surface area contributed by atoms with Crippen LogP contribution in [0.4, 0.5) is 0 Å². The molecule has 1 saturated carbocycles. The standard InChI is InChI=1S/C15H16ClNOS/c16-13-11-7-3-4-8-12(11)19-14(13)15(18)17-9-10-5-1-2-6-10/h3-4,7-8,10H,1-2,5-6,9H2,(H,17,18). The highest BCUT2D eigenvalue weighted by Gasteiger charge is 2.19. The van der Waals surface area contributed by atoms with E-state index in [2.05, 4.69) is 5.32 Å². The highest BCUT2D eigenvalue weighted by Crippen LogP contribution is 2.35. The van der Waals surface area contributed by atoms with Crippen LogP contribution in [0, 0.1) is 5.92 Å². The number of nitrogens with one attached hydrogen (secondary N) is 1. The lowest BCUT2D eigenvalue weighted by atomic mass is 10.1. The van der Waals surface area contributed by atoms with E-state index in [0.29, 0.717) is 15.8 Å². The summed E-state index contributed by atoms with van der Waals surface area (Å²) >= 11 is 7.77. The Morgan fingerprint density at radius 2 is 2.05 bits per heavy atom. The summed E-state index contributed by atoms with van der Waals surface area (Å²) in [6.45, 7) is 0.781. The van der Waals surface area contributed by atoms with Crippen molar-refractivity contribution in [1.29, 1.82) is 0 Å². The summed E-state index contributed by atoms with van der Waals surface area (Å²) < 4.78 is 1.07. The SMILES string of the molecule is O=C(NCC1CCCC1)c1sc2ccccc2c1Cl. The van der Waals surface area contributed by atoms with E-state index in [1.54, 1.807) is 0 Å². The lowest BCUT2D eigenvalue weighted by Gasteiger charge is -2.09. The van der Waals surface area contributed by atoms with Gasteiger partial charge in [0.05, 0.1) is 5.02 Å². The Bertz CT molecular complexity index is 601. The average Bonchev–Trinajstić information content (AvgIpc) is 3.05. The Labute approximate surface area is 121 Å². The predicted octanol–water partition coefficient (Wildman–Crippen LogP) is 4.47. The molecule has 1 fully saturated rings. The maximum absolute atomic E-state index is 12.2. The van der Waals surface area contributed by atoms with Crippen molar-refractivity contribution in [2.75, 3.05) is 6.54 Å². The first kappa shape index (κ1) is 12.9. The molecule has 1 aromatic carbocycles. The summed E-state index contributed by atoms with van der Waals surface area (Å²) in [5.74, 6) is 0.621. The molecule has 1 heterocycles. The zero-order chi connectivity index (χ0) is 13.2. The Kier molecular flexibility index (Phi) is 3.76. The Balaban J connectivity index is 1.75. The maximum atomic E-state index is 12.2. The van der Waals surface area contributed by atoms with Crippen molar-refractivity contribution in [3.05, 3.63) is 34.2 Å². The van der Waals surface area contributed by atoms with Crippen molar-refractivity contribution < 1.29 is 4.79 Å². The molecule has 100 valence electrons. The number of hydrogen-bond donors (Lipinski definition) is 1. The minimum atomic E-state index is -0.0295. The topological polar surface area (TPSA) is 29.1 Å². The van der Waals surface area contributed by atoms with Crippen LogP contribution in [0.1, 0.15) is 35.4 Å². The summed E-state index contributed by atoms with van der Waals surface area (Å²) in [5, 5.41) is 4.59. The summed E-state index contributed by atoms with van der Waals surface area (Å²) in [4.78, 5) is 12.8. The van der Waals surface area contributed by atoms with Gasteiger partial charge in [0.25, 0.3) is 5.91 Å². The van der Waals surface area contributed by atoms with Gasteiger partial charge in [0.15, 0.2) is 0 Å². The van der Waals surface area contributed by atoms with Crippen LogP contribution < -0.4 is 5.32 Å². The van der Waals surface area contributed by atoms with Gasteiger partial charge in [-0.2, -0.15) is 0 Å². The summed E-state index contributed by atoms with van der Waals surface area (Å²) in [6, 6.07) is 7.87. The molecule has 0 unspecified atom stereocenters. The molecular formula is C15H16ClNOS. The molecule has 0 saturated heterocycles. The van der Waals surface area contributed by atoms with Crippen LogP contribution in [0.2, 0.25) is 5.02 Å². The minimum Gasteiger partial charge on any atom is -0.351 e. The molecule has 2 aromatic rings. The molecule has 0 radical (unpaired) electrons. The van der Waals surface area contributed by atoms with E-state index in [1.165, 1.54) is 37.0 Å². The Hall–Kier alpha value is -1.06. The minimum absolute atomic E-state index is 0.0295. The van der Waals surface area contributed by atoms with Crippen LogP contribution in [0.15, 0.2) is 24.3 Å². The van der Waals surface area contributed by atoms with E-state index in [4.69, 9.17) is 11.6 Å². The van der Waals surface area contributed by atoms with Crippen LogP contribution >= 0.6 is 22.9 Å².